The molecule has 0 aromatic rings. The Hall–Kier alpha value is -0.770. The van der Waals surface area contributed by atoms with E-state index in [0.29, 0.717) is 6.54 Å². The van der Waals surface area contributed by atoms with Crippen LogP contribution in [0.1, 0.15) is 34.1 Å². The summed E-state index contributed by atoms with van der Waals surface area (Å²) >= 11 is 5.50. The van der Waals surface area contributed by atoms with Gasteiger partial charge >= 0.3 is 6.03 Å². The second kappa shape index (κ2) is 5.95. The van der Waals surface area contributed by atoms with E-state index in [1.807, 2.05) is 20.8 Å². The van der Waals surface area contributed by atoms with Gasteiger partial charge in [-0.3, -0.25) is 10.1 Å². The van der Waals surface area contributed by atoms with Crippen molar-refractivity contribution in [2.75, 3.05) is 6.54 Å². The Kier molecular flexibility index (Phi) is 5.65. The van der Waals surface area contributed by atoms with Gasteiger partial charge in [-0.25, -0.2) is 4.79 Å². The number of hydrogen-bond donors (Lipinski definition) is 2. The molecule has 0 aliphatic carbocycles. The zero-order valence-corrected chi connectivity index (χ0v) is 10.4. The maximum atomic E-state index is 11.2. The summed E-state index contributed by atoms with van der Waals surface area (Å²) in [5, 5.41) is 4.09. The second-order valence-corrected chi connectivity index (χ2v) is 4.96. The van der Waals surface area contributed by atoms with E-state index < -0.39 is 17.3 Å². The first-order chi connectivity index (χ1) is 6.78. The molecule has 0 rings (SSSR count). The van der Waals surface area contributed by atoms with Crippen molar-refractivity contribution < 1.29 is 9.59 Å². The first-order valence-corrected chi connectivity index (χ1v) is 5.45. The molecule has 0 aliphatic rings. The number of rotatable bonds is 4. The molecular weight excluding hydrogens is 216 g/mol. The van der Waals surface area contributed by atoms with Crippen molar-refractivity contribution >= 4 is 23.5 Å². The van der Waals surface area contributed by atoms with Gasteiger partial charge in [-0.05, 0) is 18.8 Å². The van der Waals surface area contributed by atoms with Gasteiger partial charge in [0, 0.05) is 6.54 Å². The summed E-state index contributed by atoms with van der Waals surface area (Å²) in [5.41, 5.74) is 0.0347. The Morgan fingerprint density at radius 1 is 1.40 bits per heavy atom. The molecule has 3 amide bonds. The van der Waals surface area contributed by atoms with Gasteiger partial charge in [0.25, 0.3) is 0 Å². The van der Waals surface area contributed by atoms with Crippen molar-refractivity contribution in [3.05, 3.63) is 0 Å². The van der Waals surface area contributed by atoms with Crippen LogP contribution in [-0.2, 0) is 4.79 Å². The van der Waals surface area contributed by atoms with Gasteiger partial charge in [-0.15, -0.1) is 11.6 Å². The molecule has 15 heavy (non-hydrogen) atoms. The lowest BCUT2D eigenvalue weighted by Gasteiger charge is -2.22. The Morgan fingerprint density at radius 2 is 1.93 bits per heavy atom. The third-order valence-electron chi connectivity index (χ3n) is 2.28. The fourth-order valence-corrected chi connectivity index (χ4v) is 0.755. The van der Waals surface area contributed by atoms with Gasteiger partial charge in [-0.2, -0.15) is 0 Å². The molecule has 0 saturated heterocycles. The molecule has 0 aliphatic heterocycles. The monoisotopic (exact) mass is 234 g/mol. The van der Waals surface area contributed by atoms with Crippen LogP contribution in [0.2, 0.25) is 0 Å². The molecule has 0 radical (unpaired) electrons. The topological polar surface area (TPSA) is 58.2 Å². The summed E-state index contributed by atoms with van der Waals surface area (Å²) in [6.07, 6.45) is 0.952. The maximum absolute atomic E-state index is 11.2. The Balaban J connectivity index is 3.91. The summed E-state index contributed by atoms with van der Waals surface area (Å²) in [4.78, 5) is 22.3. The lowest BCUT2D eigenvalue weighted by molar-refractivity contribution is -0.119. The first-order valence-electron chi connectivity index (χ1n) is 5.01. The number of imide groups is 1. The molecule has 0 aromatic heterocycles. The average molecular weight is 235 g/mol. The number of hydrogen-bond acceptors (Lipinski definition) is 2. The summed E-state index contributed by atoms with van der Waals surface area (Å²) < 4.78 is 0. The maximum Gasteiger partial charge on any atom is 0.321 e. The normalized spacial score (nSPS) is 13.1. The predicted molar refractivity (Wildman–Crippen MR) is 60.9 cm³/mol. The van der Waals surface area contributed by atoms with Crippen LogP contribution in [0.25, 0.3) is 0 Å². The van der Waals surface area contributed by atoms with Crippen LogP contribution in [-0.4, -0.2) is 23.9 Å². The molecule has 0 fully saturated rings. The van der Waals surface area contributed by atoms with Gasteiger partial charge in [0.1, 0.15) is 5.38 Å². The van der Waals surface area contributed by atoms with Crippen molar-refractivity contribution in [3.8, 4) is 0 Å². The van der Waals surface area contributed by atoms with Gasteiger partial charge in [-0.1, -0.05) is 20.8 Å². The molecule has 5 heteroatoms. The summed E-state index contributed by atoms with van der Waals surface area (Å²) in [7, 11) is 0. The number of amides is 3. The Bertz CT molecular complexity index is 240. The largest absolute Gasteiger partial charge is 0.337 e. The van der Waals surface area contributed by atoms with Crippen LogP contribution in [0.5, 0.6) is 0 Å². The molecule has 0 aromatic carbocycles. The van der Waals surface area contributed by atoms with Crippen LogP contribution in [0.3, 0.4) is 0 Å². The number of halogens is 1. The zero-order chi connectivity index (χ0) is 12.1. The van der Waals surface area contributed by atoms with Crippen molar-refractivity contribution in [3.63, 3.8) is 0 Å². The predicted octanol–water partition coefficient (Wildman–Crippen LogP) is 1.88. The molecule has 0 saturated carbocycles. The smallest absolute Gasteiger partial charge is 0.321 e. The van der Waals surface area contributed by atoms with E-state index in [1.165, 1.54) is 6.92 Å². The quantitative estimate of drug-likeness (QED) is 0.730. The lowest BCUT2D eigenvalue weighted by atomic mass is 9.90. The van der Waals surface area contributed by atoms with Crippen LogP contribution in [0.4, 0.5) is 4.79 Å². The minimum atomic E-state index is -0.699. The molecule has 2 N–H and O–H groups in total. The van der Waals surface area contributed by atoms with Crippen LogP contribution in [0, 0.1) is 5.41 Å². The van der Waals surface area contributed by atoms with Gasteiger partial charge in [0.05, 0.1) is 0 Å². The van der Waals surface area contributed by atoms with Crippen molar-refractivity contribution in [1.82, 2.24) is 10.6 Å². The van der Waals surface area contributed by atoms with Gasteiger partial charge < -0.3 is 5.32 Å². The highest BCUT2D eigenvalue weighted by Crippen LogP contribution is 2.17. The standard InChI is InChI=1S/C10H19ClN2O2/c1-5-10(3,4)6-12-9(15)13-8(14)7(2)11/h7H,5-6H2,1-4H3,(H2,12,13,14,15). The molecule has 1 unspecified atom stereocenters. The van der Waals surface area contributed by atoms with E-state index >= 15 is 0 Å². The third-order valence-corrected chi connectivity index (χ3v) is 2.48. The summed E-state index contributed by atoms with van der Waals surface area (Å²) in [6.45, 7) is 8.17. The second-order valence-electron chi connectivity index (χ2n) is 4.31. The van der Waals surface area contributed by atoms with E-state index in [1.54, 1.807) is 0 Å². The molecular formula is C10H19ClN2O2. The van der Waals surface area contributed by atoms with Gasteiger partial charge in [0.15, 0.2) is 0 Å². The van der Waals surface area contributed by atoms with Gasteiger partial charge in [0.2, 0.25) is 5.91 Å². The number of carbonyl (C=O) groups is 2. The number of urea groups is 1. The highest BCUT2D eigenvalue weighted by Gasteiger charge is 2.18. The highest BCUT2D eigenvalue weighted by atomic mass is 35.5. The number of carbonyl (C=O) groups excluding carboxylic acids is 2. The Morgan fingerprint density at radius 3 is 2.33 bits per heavy atom. The summed E-state index contributed by atoms with van der Waals surface area (Å²) in [6, 6.07) is -0.492. The summed E-state index contributed by atoms with van der Waals surface area (Å²) in [5.74, 6) is -0.483. The Labute approximate surface area is 95.7 Å². The fraction of sp³-hybridized carbons (Fsp3) is 0.800. The molecule has 0 spiro atoms. The van der Waals surface area contributed by atoms with Crippen molar-refractivity contribution in [2.45, 2.75) is 39.5 Å². The average Bonchev–Trinajstić information content (AvgIpc) is 2.15. The van der Waals surface area contributed by atoms with Crippen LogP contribution >= 0.6 is 11.6 Å². The molecule has 0 heterocycles. The number of alkyl halides is 1. The molecule has 0 bridgehead atoms. The van der Waals surface area contributed by atoms with E-state index in [0.717, 1.165) is 6.42 Å². The highest BCUT2D eigenvalue weighted by molar-refractivity contribution is 6.31. The zero-order valence-electron chi connectivity index (χ0n) is 9.69. The van der Waals surface area contributed by atoms with E-state index in [2.05, 4.69) is 10.6 Å². The van der Waals surface area contributed by atoms with Crippen LogP contribution < -0.4 is 10.6 Å². The molecule has 88 valence electrons. The third kappa shape index (κ3) is 6.33. The fourth-order valence-electron chi connectivity index (χ4n) is 0.700. The van der Waals surface area contributed by atoms with Crippen molar-refractivity contribution in [1.29, 1.82) is 0 Å². The van der Waals surface area contributed by atoms with E-state index in [4.69, 9.17) is 11.6 Å². The van der Waals surface area contributed by atoms with Crippen LogP contribution in [0.15, 0.2) is 0 Å². The SMILES string of the molecule is CCC(C)(C)CNC(=O)NC(=O)C(C)Cl. The number of nitrogens with one attached hydrogen (secondary N) is 2. The lowest BCUT2D eigenvalue weighted by Crippen LogP contribution is -2.45. The molecule has 1 atom stereocenters. The van der Waals surface area contributed by atoms with E-state index in [-0.39, 0.29) is 5.41 Å². The minimum absolute atomic E-state index is 0.0347. The molecule has 4 nitrogen and oxygen atoms in total. The van der Waals surface area contributed by atoms with E-state index in [9.17, 15) is 9.59 Å². The minimum Gasteiger partial charge on any atom is -0.337 e. The first kappa shape index (κ1) is 14.2. The van der Waals surface area contributed by atoms with Crippen molar-refractivity contribution in [2.24, 2.45) is 5.41 Å².